The highest BCUT2D eigenvalue weighted by atomic mass is 35.5. The normalized spacial score (nSPS) is 18.5. The number of fused-ring (bicyclic) bond motifs is 1. The van der Waals surface area contributed by atoms with Crippen LogP contribution in [0.3, 0.4) is 0 Å². The van der Waals surface area contributed by atoms with Crippen molar-refractivity contribution >= 4 is 29.4 Å². The summed E-state index contributed by atoms with van der Waals surface area (Å²) in [6.45, 7) is 5.89. The summed E-state index contributed by atoms with van der Waals surface area (Å²) in [4.78, 5) is 42.2. The molecule has 0 N–H and O–H groups in total. The number of halogens is 1. The summed E-state index contributed by atoms with van der Waals surface area (Å²) < 4.78 is 6.90. The molecule has 1 aromatic carbocycles. The number of unbranched alkanes of at least 4 members (excludes halogenated alkanes) is 1. The third-order valence-corrected chi connectivity index (χ3v) is 7.14. The van der Waals surface area contributed by atoms with Crippen molar-refractivity contribution in [2.45, 2.75) is 58.5 Å². The van der Waals surface area contributed by atoms with E-state index in [2.05, 4.69) is 12.0 Å². The number of amides is 2. The van der Waals surface area contributed by atoms with Gasteiger partial charge in [-0.25, -0.2) is 0 Å². The van der Waals surface area contributed by atoms with Crippen molar-refractivity contribution < 1.29 is 19.1 Å². The maximum Gasteiger partial charge on any atom is 0.309 e. The lowest BCUT2D eigenvalue weighted by molar-refractivity contribution is -0.151. The summed E-state index contributed by atoms with van der Waals surface area (Å²) in [5, 5.41) is 5.33. The fraction of sp³-hybridized carbons (Fsp3) is 0.538. The van der Waals surface area contributed by atoms with E-state index >= 15 is 0 Å². The molecule has 2 aliphatic heterocycles. The molecule has 0 unspecified atom stereocenters. The van der Waals surface area contributed by atoms with Crippen LogP contribution in [0, 0.1) is 5.92 Å². The number of hydrogen-bond donors (Lipinski definition) is 0. The van der Waals surface area contributed by atoms with Crippen molar-refractivity contribution in [3.63, 3.8) is 0 Å². The molecule has 4 rings (SSSR count). The van der Waals surface area contributed by atoms with Crippen LogP contribution < -0.4 is 0 Å². The fourth-order valence-corrected chi connectivity index (χ4v) is 4.99. The SMILES string of the molecule is CCCC[C@H]1Cn2nc(-c3ccc(Cl)cc3)cc2C(=O)N1CC(=O)N1CCC(C(=O)OCC)CC1. The number of rotatable bonds is 8. The molecule has 188 valence electrons. The van der Waals surface area contributed by atoms with Gasteiger partial charge in [-0.05, 0) is 44.4 Å². The summed E-state index contributed by atoms with van der Waals surface area (Å²) in [6, 6.07) is 9.08. The summed E-state index contributed by atoms with van der Waals surface area (Å²) in [6.07, 6.45) is 3.98. The number of piperidine rings is 1. The molecule has 1 saturated heterocycles. The molecule has 1 atom stereocenters. The van der Waals surface area contributed by atoms with Crippen LogP contribution in [0.4, 0.5) is 0 Å². The Morgan fingerprint density at radius 2 is 1.86 bits per heavy atom. The van der Waals surface area contributed by atoms with E-state index in [0.29, 0.717) is 55.5 Å². The maximum absolute atomic E-state index is 13.5. The second-order valence-electron chi connectivity index (χ2n) is 9.24. The van der Waals surface area contributed by atoms with Crippen LogP contribution in [0.1, 0.15) is 56.4 Å². The summed E-state index contributed by atoms with van der Waals surface area (Å²) in [7, 11) is 0. The van der Waals surface area contributed by atoms with E-state index < -0.39 is 0 Å². The Morgan fingerprint density at radius 3 is 2.51 bits per heavy atom. The second kappa shape index (κ2) is 11.2. The molecular formula is C26H33ClN4O4. The highest BCUT2D eigenvalue weighted by molar-refractivity contribution is 6.30. The van der Waals surface area contributed by atoms with Crippen molar-refractivity contribution in [2.75, 3.05) is 26.2 Å². The van der Waals surface area contributed by atoms with Crippen molar-refractivity contribution in [2.24, 2.45) is 5.92 Å². The zero-order valence-corrected chi connectivity index (χ0v) is 21.2. The topological polar surface area (TPSA) is 84.7 Å². The van der Waals surface area contributed by atoms with Crippen LogP contribution in [0.5, 0.6) is 0 Å². The van der Waals surface area contributed by atoms with E-state index in [0.717, 1.165) is 24.8 Å². The van der Waals surface area contributed by atoms with E-state index in [1.54, 1.807) is 39.6 Å². The quantitative estimate of drug-likeness (QED) is 0.511. The molecule has 9 heteroatoms. The lowest BCUT2D eigenvalue weighted by Crippen LogP contribution is -2.53. The molecule has 1 fully saturated rings. The molecule has 0 saturated carbocycles. The highest BCUT2D eigenvalue weighted by Crippen LogP contribution is 2.27. The van der Waals surface area contributed by atoms with Gasteiger partial charge in [-0.1, -0.05) is 43.5 Å². The molecule has 35 heavy (non-hydrogen) atoms. The number of hydrogen-bond acceptors (Lipinski definition) is 5. The van der Waals surface area contributed by atoms with Crippen LogP contribution in [0.2, 0.25) is 5.02 Å². The Kier molecular flexibility index (Phi) is 8.11. The van der Waals surface area contributed by atoms with Gasteiger partial charge in [0.1, 0.15) is 12.2 Å². The third kappa shape index (κ3) is 5.69. The van der Waals surface area contributed by atoms with Gasteiger partial charge >= 0.3 is 5.97 Å². The van der Waals surface area contributed by atoms with E-state index in [1.165, 1.54) is 0 Å². The number of nitrogens with zero attached hydrogens (tertiary/aromatic N) is 4. The average molecular weight is 501 g/mol. The predicted molar refractivity (Wildman–Crippen MR) is 133 cm³/mol. The summed E-state index contributed by atoms with van der Waals surface area (Å²) in [5.74, 6) is -0.586. The van der Waals surface area contributed by atoms with Crippen LogP contribution in [0.25, 0.3) is 11.3 Å². The van der Waals surface area contributed by atoms with Gasteiger partial charge in [-0.15, -0.1) is 0 Å². The van der Waals surface area contributed by atoms with E-state index in [4.69, 9.17) is 16.3 Å². The number of ether oxygens (including phenoxy) is 1. The van der Waals surface area contributed by atoms with E-state index in [-0.39, 0.29) is 36.3 Å². The van der Waals surface area contributed by atoms with Gasteiger partial charge in [0.05, 0.1) is 30.8 Å². The lowest BCUT2D eigenvalue weighted by atomic mass is 9.97. The molecular weight excluding hydrogens is 468 g/mol. The maximum atomic E-state index is 13.5. The zero-order chi connectivity index (χ0) is 24.9. The van der Waals surface area contributed by atoms with Crippen LogP contribution in [-0.4, -0.2) is 69.6 Å². The van der Waals surface area contributed by atoms with Crippen molar-refractivity contribution in [1.29, 1.82) is 0 Å². The van der Waals surface area contributed by atoms with Gasteiger partial charge in [-0.2, -0.15) is 5.10 Å². The molecule has 0 bridgehead atoms. The molecule has 8 nitrogen and oxygen atoms in total. The Balaban J connectivity index is 1.47. The molecule has 2 amide bonds. The van der Waals surface area contributed by atoms with Gasteiger partial charge in [0, 0.05) is 23.7 Å². The Hall–Kier alpha value is -2.87. The number of aromatic nitrogens is 2. The summed E-state index contributed by atoms with van der Waals surface area (Å²) >= 11 is 6.01. The molecule has 1 aromatic heterocycles. The van der Waals surface area contributed by atoms with E-state index in [1.807, 2.05) is 12.1 Å². The van der Waals surface area contributed by atoms with Gasteiger partial charge < -0.3 is 14.5 Å². The van der Waals surface area contributed by atoms with Gasteiger partial charge in [0.2, 0.25) is 5.91 Å². The van der Waals surface area contributed by atoms with Gasteiger partial charge in [0.15, 0.2) is 0 Å². The minimum atomic E-state index is -0.185. The number of benzene rings is 1. The Labute approximate surface area is 211 Å². The smallest absolute Gasteiger partial charge is 0.309 e. The molecule has 3 heterocycles. The number of carbonyl (C=O) groups excluding carboxylic acids is 3. The Bertz CT molecular complexity index is 1060. The van der Waals surface area contributed by atoms with Crippen LogP contribution >= 0.6 is 11.6 Å². The first-order valence-corrected chi connectivity index (χ1v) is 12.9. The molecule has 2 aromatic rings. The third-order valence-electron chi connectivity index (χ3n) is 6.89. The van der Waals surface area contributed by atoms with Crippen LogP contribution in [0.15, 0.2) is 30.3 Å². The first-order chi connectivity index (χ1) is 16.9. The Morgan fingerprint density at radius 1 is 1.14 bits per heavy atom. The summed E-state index contributed by atoms with van der Waals surface area (Å²) in [5.41, 5.74) is 2.10. The first kappa shape index (κ1) is 25.2. The average Bonchev–Trinajstić information content (AvgIpc) is 3.29. The van der Waals surface area contributed by atoms with Crippen molar-refractivity contribution in [1.82, 2.24) is 19.6 Å². The van der Waals surface area contributed by atoms with Crippen LogP contribution in [-0.2, 0) is 20.9 Å². The van der Waals surface area contributed by atoms with Gasteiger partial charge in [-0.3, -0.25) is 19.1 Å². The molecule has 2 aliphatic rings. The second-order valence-corrected chi connectivity index (χ2v) is 9.68. The molecule has 0 spiro atoms. The molecule has 0 aliphatic carbocycles. The highest BCUT2D eigenvalue weighted by Gasteiger charge is 2.36. The van der Waals surface area contributed by atoms with Crippen molar-refractivity contribution in [3.8, 4) is 11.3 Å². The van der Waals surface area contributed by atoms with E-state index in [9.17, 15) is 14.4 Å². The molecule has 0 radical (unpaired) electrons. The standard InChI is InChI=1S/C26H33ClN4O4/c1-3-5-6-21-16-31-23(15-22(28-31)18-7-9-20(27)10-8-18)25(33)30(21)17-24(32)29-13-11-19(12-14-29)26(34)35-4-2/h7-10,15,19,21H,3-6,11-14,16-17H2,1-2H3/t21-/m0/s1. The predicted octanol–water partition coefficient (Wildman–Crippen LogP) is 4.02. The minimum absolute atomic E-state index is 0.0404. The van der Waals surface area contributed by atoms with Crippen molar-refractivity contribution in [3.05, 3.63) is 41.0 Å². The lowest BCUT2D eigenvalue weighted by Gasteiger charge is -2.38. The fourth-order valence-electron chi connectivity index (χ4n) is 4.86. The monoisotopic (exact) mass is 500 g/mol. The minimum Gasteiger partial charge on any atom is -0.466 e. The number of likely N-dealkylation sites (tertiary alicyclic amines) is 1. The zero-order valence-electron chi connectivity index (χ0n) is 20.4. The largest absolute Gasteiger partial charge is 0.466 e. The number of esters is 1. The van der Waals surface area contributed by atoms with Gasteiger partial charge in [0.25, 0.3) is 5.91 Å². The number of carbonyl (C=O) groups is 3. The first-order valence-electron chi connectivity index (χ1n) is 12.5.